The average Bonchev–Trinajstić information content (AvgIpc) is 2.62. The molecule has 136 valence electrons. The maximum Gasteiger partial charge on any atom is 0.145 e. The second-order valence-electron chi connectivity index (χ2n) is 7.36. The molecule has 0 atom stereocenters. The molecule has 0 saturated heterocycles. The van der Waals surface area contributed by atoms with Crippen LogP contribution in [0.3, 0.4) is 0 Å². The minimum absolute atomic E-state index is 0.0758. The molecule has 0 N–H and O–H groups in total. The van der Waals surface area contributed by atoms with Crippen LogP contribution in [0, 0.1) is 6.92 Å². The van der Waals surface area contributed by atoms with Crippen molar-refractivity contribution < 1.29 is 9.47 Å². The second kappa shape index (κ2) is 7.38. The Bertz CT molecular complexity index is 900. The van der Waals surface area contributed by atoms with Crippen molar-refractivity contribution in [3.05, 3.63) is 48.0 Å². The van der Waals surface area contributed by atoms with Gasteiger partial charge in [0.15, 0.2) is 0 Å². The summed E-state index contributed by atoms with van der Waals surface area (Å²) in [6.45, 7) is 9.41. The number of fused-ring (bicyclic) bond motifs is 1. The number of ether oxygens (including phenoxy) is 2. The molecule has 5 heteroatoms. The maximum absolute atomic E-state index is 5.85. The fourth-order valence-corrected chi connectivity index (χ4v) is 2.74. The van der Waals surface area contributed by atoms with Gasteiger partial charge < -0.3 is 9.47 Å². The van der Waals surface area contributed by atoms with Crippen LogP contribution >= 0.6 is 0 Å². The summed E-state index contributed by atoms with van der Waals surface area (Å²) >= 11 is 0. The molecule has 0 saturated carbocycles. The van der Waals surface area contributed by atoms with E-state index in [4.69, 9.17) is 14.5 Å². The third kappa shape index (κ3) is 3.83. The summed E-state index contributed by atoms with van der Waals surface area (Å²) in [7, 11) is 1.66. The number of rotatable bonds is 5. The van der Waals surface area contributed by atoms with E-state index in [9.17, 15) is 0 Å². The Kier molecular flexibility index (Phi) is 5.18. The monoisotopic (exact) mass is 351 g/mol. The molecular weight excluding hydrogens is 326 g/mol. The number of methoxy groups -OCH3 is 1. The zero-order valence-corrected chi connectivity index (χ0v) is 16.0. The van der Waals surface area contributed by atoms with Crippen molar-refractivity contribution in [3.63, 3.8) is 0 Å². The lowest BCUT2D eigenvalue weighted by Crippen LogP contribution is -2.15. The van der Waals surface area contributed by atoms with E-state index in [0.29, 0.717) is 13.2 Å². The average molecular weight is 351 g/mol. The molecule has 1 aromatic carbocycles. The van der Waals surface area contributed by atoms with Crippen molar-refractivity contribution in [2.45, 2.75) is 33.1 Å². The fraction of sp³-hybridized carbons (Fsp3) is 0.381. The second-order valence-corrected chi connectivity index (χ2v) is 7.36. The number of aromatic nitrogens is 3. The lowest BCUT2D eigenvalue weighted by Gasteiger charge is -2.16. The normalized spacial score (nSPS) is 11.7. The van der Waals surface area contributed by atoms with Crippen molar-refractivity contribution in [2.75, 3.05) is 20.3 Å². The molecular formula is C21H25N3O2. The van der Waals surface area contributed by atoms with Gasteiger partial charge in [0.05, 0.1) is 12.3 Å². The van der Waals surface area contributed by atoms with Crippen LogP contribution in [0.25, 0.3) is 22.2 Å². The number of para-hydroxylation sites is 1. The van der Waals surface area contributed by atoms with E-state index in [1.165, 1.54) is 0 Å². The van der Waals surface area contributed by atoms with E-state index >= 15 is 0 Å². The van der Waals surface area contributed by atoms with Gasteiger partial charge in [0, 0.05) is 35.9 Å². The molecule has 26 heavy (non-hydrogen) atoms. The van der Waals surface area contributed by atoms with Crippen LogP contribution in [0.4, 0.5) is 0 Å². The van der Waals surface area contributed by atoms with E-state index in [-0.39, 0.29) is 5.41 Å². The van der Waals surface area contributed by atoms with Crippen LogP contribution in [0.2, 0.25) is 0 Å². The SMILES string of the molecule is COCCOc1cccc2c(C)cc(-c3cnc(C(C)(C)C)nc3)nc12. The molecule has 0 aliphatic carbocycles. The molecule has 0 fully saturated rings. The highest BCUT2D eigenvalue weighted by molar-refractivity contribution is 5.89. The van der Waals surface area contributed by atoms with Gasteiger partial charge in [0.2, 0.25) is 0 Å². The Morgan fingerprint density at radius 2 is 1.77 bits per heavy atom. The summed E-state index contributed by atoms with van der Waals surface area (Å²) in [5, 5.41) is 1.08. The van der Waals surface area contributed by atoms with E-state index in [0.717, 1.165) is 39.3 Å². The zero-order valence-electron chi connectivity index (χ0n) is 16.0. The standard InChI is InChI=1S/C21H25N3O2/c1-14-11-17(15-12-22-20(23-13-15)21(2,3)4)24-19-16(14)7-6-8-18(19)26-10-9-25-5/h6-8,11-13H,9-10H2,1-5H3. The topological polar surface area (TPSA) is 57.1 Å². The number of hydrogen-bond acceptors (Lipinski definition) is 5. The molecule has 0 spiro atoms. The molecule has 3 rings (SSSR count). The maximum atomic E-state index is 5.85. The first-order valence-corrected chi connectivity index (χ1v) is 8.75. The van der Waals surface area contributed by atoms with E-state index < -0.39 is 0 Å². The van der Waals surface area contributed by atoms with Crippen molar-refractivity contribution in [1.82, 2.24) is 15.0 Å². The first-order valence-electron chi connectivity index (χ1n) is 8.75. The number of pyridine rings is 1. The number of benzene rings is 1. The van der Waals surface area contributed by atoms with Crippen molar-refractivity contribution in [3.8, 4) is 17.0 Å². The highest BCUT2D eigenvalue weighted by Crippen LogP contribution is 2.30. The molecule has 5 nitrogen and oxygen atoms in total. The van der Waals surface area contributed by atoms with Gasteiger partial charge in [0.1, 0.15) is 23.7 Å². The summed E-state index contributed by atoms with van der Waals surface area (Å²) in [5.41, 5.74) is 3.65. The minimum Gasteiger partial charge on any atom is -0.489 e. The van der Waals surface area contributed by atoms with Gasteiger partial charge >= 0.3 is 0 Å². The van der Waals surface area contributed by atoms with Crippen LogP contribution in [0.15, 0.2) is 36.7 Å². The van der Waals surface area contributed by atoms with Crippen molar-refractivity contribution in [2.24, 2.45) is 0 Å². The summed E-state index contributed by atoms with van der Waals surface area (Å²) in [6.07, 6.45) is 3.69. The third-order valence-corrected chi connectivity index (χ3v) is 4.17. The number of aryl methyl sites for hydroxylation is 1. The summed E-state index contributed by atoms with van der Waals surface area (Å²) in [4.78, 5) is 13.9. The summed E-state index contributed by atoms with van der Waals surface area (Å²) in [6, 6.07) is 8.05. The molecule has 2 heterocycles. The molecule has 0 bridgehead atoms. The molecule has 0 radical (unpaired) electrons. The van der Waals surface area contributed by atoms with Crippen LogP contribution in [-0.2, 0) is 10.2 Å². The Hall–Kier alpha value is -2.53. The van der Waals surface area contributed by atoms with Crippen molar-refractivity contribution in [1.29, 1.82) is 0 Å². The predicted octanol–water partition coefficient (Wildman–Crippen LogP) is 4.32. The Morgan fingerprint density at radius 3 is 2.42 bits per heavy atom. The van der Waals surface area contributed by atoms with Crippen LogP contribution < -0.4 is 4.74 Å². The predicted molar refractivity (Wildman–Crippen MR) is 104 cm³/mol. The molecule has 0 aliphatic rings. The molecule has 0 unspecified atom stereocenters. The first kappa shape index (κ1) is 18.3. The highest BCUT2D eigenvalue weighted by atomic mass is 16.5. The van der Waals surface area contributed by atoms with Gasteiger partial charge in [-0.3, -0.25) is 0 Å². The minimum atomic E-state index is -0.0758. The molecule has 0 amide bonds. The van der Waals surface area contributed by atoms with Gasteiger partial charge in [-0.25, -0.2) is 15.0 Å². The van der Waals surface area contributed by atoms with Crippen LogP contribution in [0.1, 0.15) is 32.2 Å². The highest BCUT2D eigenvalue weighted by Gasteiger charge is 2.17. The van der Waals surface area contributed by atoms with Gasteiger partial charge in [-0.15, -0.1) is 0 Å². The summed E-state index contributed by atoms with van der Waals surface area (Å²) in [5.74, 6) is 1.58. The Morgan fingerprint density at radius 1 is 1.04 bits per heavy atom. The Labute approximate surface area is 154 Å². The largest absolute Gasteiger partial charge is 0.489 e. The van der Waals surface area contributed by atoms with Crippen LogP contribution in [-0.4, -0.2) is 35.3 Å². The fourth-order valence-electron chi connectivity index (χ4n) is 2.74. The Balaban J connectivity index is 2.03. The number of hydrogen-bond donors (Lipinski definition) is 0. The van der Waals surface area contributed by atoms with Gasteiger partial charge in [-0.05, 0) is 24.6 Å². The van der Waals surface area contributed by atoms with E-state index in [1.54, 1.807) is 7.11 Å². The lowest BCUT2D eigenvalue weighted by molar-refractivity contribution is 0.147. The lowest BCUT2D eigenvalue weighted by atomic mass is 9.95. The first-order chi connectivity index (χ1) is 12.4. The molecule has 0 aliphatic heterocycles. The smallest absolute Gasteiger partial charge is 0.145 e. The zero-order chi connectivity index (χ0) is 18.7. The van der Waals surface area contributed by atoms with Gasteiger partial charge in [-0.1, -0.05) is 32.9 Å². The molecule has 3 aromatic rings. The van der Waals surface area contributed by atoms with Crippen molar-refractivity contribution >= 4 is 10.9 Å². The van der Waals surface area contributed by atoms with E-state index in [1.807, 2.05) is 24.5 Å². The quantitative estimate of drug-likeness (QED) is 0.641. The third-order valence-electron chi connectivity index (χ3n) is 4.17. The van der Waals surface area contributed by atoms with Crippen LogP contribution in [0.5, 0.6) is 5.75 Å². The number of nitrogens with zero attached hydrogens (tertiary/aromatic N) is 3. The molecule has 2 aromatic heterocycles. The van der Waals surface area contributed by atoms with Gasteiger partial charge in [-0.2, -0.15) is 0 Å². The van der Waals surface area contributed by atoms with E-state index in [2.05, 4.69) is 49.8 Å². The van der Waals surface area contributed by atoms with Gasteiger partial charge in [0.25, 0.3) is 0 Å². The summed E-state index contributed by atoms with van der Waals surface area (Å²) < 4.78 is 10.9.